The lowest BCUT2D eigenvalue weighted by atomic mass is 9.85. The number of thioether (sulfide) groups is 1. The zero-order valence-corrected chi connectivity index (χ0v) is 22.2. The van der Waals surface area contributed by atoms with Gasteiger partial charge in [-0.1, -0.05) is 55.8 Å². The Morgan fingerprint density at radius 1 is 1.26 bits per heavy atom. The van der Waals surface area contributed by atoms with E-state index >= 15 is 0 Å². The average molecular weight is 545 g/mol. The van der Waals surface area contributed by atoms with Gasteiger partial charge in [0, 0.05) is 12.3 Å². The maximum atomic E-state index is 13.1. The highest BCUT2D eigenvalue weighted by Gasteiger charge is 2.56. The monoisotopic (exact) mass is 544 g/mol. The summed E-state index contributed by atoms with van der Waals surface area (Å²) in [6.07, 6.45) is 0. The first kappa shape index (κ1) is 29.1. The topological polar surface area (TPSA) is 122 Å². The summed E-state index contributed by atoms with van der Waals surface area (Å²) in [6, 6.07) is 7.30. The van der Waals surface area contributed by atoms with Gasteiger partial charge >= 0.3 is 5.97 Å². The molecule has 2 aliphatic heterocycles. The van der Waals surface area contributed by atoms with Gasteiger partial charge in [-0.2, -0.15) is 0 Å². The molecule has 0 spiro atoms. The molecule has 3 N–H and O–H groups in total. The van der Waals surface area contributed by atoms with Crippen molar-refractivity contribution in [3.63, 3.8) is 0 Å². The van der Waals surface area contributed by atoms with Gasteiger partial charge in [-0.25, -0.2) is 4.79 Å². The van der Waals surface area contributed by atoms with Crippen molar-refractivity contribution in [1.82, 2.24) is 15.1 Å². The first-order chi connectivity index (χ1) is 16.2. The Labute approximate surface area is 220 Å². The maximum absolute atomic E-state index is 13.1. The molecule has 1 aromatic rings. The number of hydrogen-bond donors (Lipinski definition) is 2. The maximum Gasteiger partial charge on any atom is 0.356 e. The van der Waals surface area contributed by atoms with Gasteiger partial charge in [0.2, 0.25) is 0 Å². The van der Waals surface area contributed by atoms with E-state index in [1.54, 1.807) is 30.3 Å². The number of hydrogen-bond acceptors (Lipinski definition) is 8. The second kappa shape index (κ2) is 12.2. The molecule has 0 bridgehead atoms. The summed E-state index contributed by atoms with van der Waals surface area (Å²) in [5.74, 6) is -2.26. The van der Waals surface area contributed by atoms with Crippen molar-refractivity contribution in [1.29, 1.82) is 0 Å². The second-order valence-corrected chi connectivity index (χ2v) is 9.57. The first-order valence-electron chi connectivity index (χ1n) is 11.1. The molecule has 3 unspecified atom stereocenters. The van der Waals surface area contributed by atoms with Crippen LogP contribution in [0, 0.1) is 0 Å². The molecule has 3 rings (SSSR count). The molecule has 1 fully saturated rings. The number of carbonyl (C=O) groups excluding carboxylic acids is 4. The summed E-state index contributed by atoms with van der Waals surface area (Å²) >= 11 is 7.59. The number of benzene rings is 1. The zero-order chi connectivity index (χ0) is 25.0. The normalized spacial score (nSPS) is 20.9. The summed E-state index contributed by atoms with van der Waals surface area (Å²) in [4.78, 5) is 54.5. The highest BCUT2D eigenvalue weighted by molar-refractivity contribution is 8.00. The van der Waals surface area contributed by atoms with Crippen molar-refractivity contribution in [2.24, 2.45) is 5.73 Å². The van der Waals surface area contributed by atoms with Crippen molar-refractivity contribution in [3.05, 3.63) is 46.6 Å². The number of nitrogens with one attached hydrogen (secondary N) is 1. The van der Waals surface area contributed by atoms with Crippen molar-refractivity contribution in [2.75, 3.05) is 32.0 Å². The molecule has 12 heteroatoms. The number of rotatable bonds is 10. The number of nitrogens with zero attached hydrogens (tertiary/aromatic N) is 2. The molecule has 0 aliphatic carbocycles. The number of ketones is 1. The van der Waals surface area contributed by atoms with Crippen molar-refractivity contribution in [3.8, 4) is 0 Å². The van der Waals surface area contributed by atoms with E-state index in [0.29, 0.717) is 12.1 Å². The van der Waals surface area contributed by atoms with Crippen LogP contribution in [-0.2, 0) is 29.5 Å². The molecule has 2 heterocycles. The zero-order valence-electron chi connectivity index (χ0n) is 19.8. The van der Waals surface area contributed by atoms with E-state index in [4.69, 9.17) is 22.1 Å². The molecule has 0 radical (unpaired) electrons. The van der Waals surface area contributed by atoms with E-state index in [0.717, 1.165) is 13.1 Å². The minimum absolute atomic E-state index is 0. The smallest absolute Gasteiger partial charge is 0.356 e. The number of nitrogens with two attached hydrogens (primary N) is 1. The number of esters is 1. The van der Waals surface area contributed by atoms with Gasteiger partial charge in [-0.05, 0) is 25.6 Å². The third-order valence-corrected chi connectivity index (χ3v) is 7.83. The van der Waals surface area contributed by atoms with Gasteiger partial charge in [0.05, 0.1) is 5.03 Å². The quantitative estimate of drug-likeness (QED) is 0.258. The summed E-state index contributed by atoms with van der Waals surface area (Å²) < 4.78 is 5.37. The minimum atomic E-state index is -1.94. The number of Topliss-reactive ketones (excluding diaryl/α,β-unsaturated/α-hetero) is 1. The van der Waals surface area contributed by atoms with Crippen LogP contribution in [0.1, 0.15) is 26.3 Å². The number of ether oxygens (including phenoxy) is 1. The molecule has 2 amide bonds. The predicted octanol–water partition coefficient (Wildman–Crippen LogP) is 1.59. The number of likely N-dealkylation sites (N-methyl/N-ethyl adjacent to an activating group) is 1. The van der Waals surface area contributed by atoms with Crippen molar-refractivity contribution >= 4 is 59.3 Å². The molecule has 35 heavy (non-hydrogen) atoms. The van der Waals surface area contributed by atoms with Crippen LogP contribution in [0.2, 0.25) is 0 Å². The number of amides is 2. The number of halogens is 2. The Kier molecular flexibility index (Phi) is 10.2. The Hall–Kier alpha value is -2.11. The van der Waals surface area contributed by atoms with Crippen LogP contribution < -0.4 is 11.1 Å². The average Bonchev–Trinajstić information content (AvgIpc) is 2.84. The third kappa shape index (κ3) is 5.67. The van der Waals surface area contributed by atoms with E-state index in [1.807, 2.05) is 13.8 Å². The summed E-state index contributed by atoms with van der Waals surface area (Å²) in [6.45, 7) is 7.65. The Balaban J connectivity index is 0.00000432. The van der Waals surface area contributed by atoms with Gasteiger partial charge in [0.1, 0.15) is 23.7 Å². The molecule has 0 saturated carbocycles. The lowest BCUT2D eigenvalue weighted by Crippen LogP contribution is -2.72. The summed E-state index contributed by atoms with van der Waals surface area (Å²) in [5, 5.41) is 2.27. The van der Waals surface area contributed by atoms with Crippen molar-refractivity contribution < 1.29 is 23.9 Å². The van der Waals surface area contributed by atoms with E-state index in [1.165, 1.54) is 23.6 Å². The summed E-state index contributed by atoms with van der Waals surface area (Å²) in [5.41, 5.74) is 4.61. The Bertz CT molecular complexity index is 1000. The standard InChI is InChI=1S/C23H29ClN4O5S.ClH/c1-4-27(5-2)11-12-33-21(31)18-16(24)13-34-20-17(19(30)28(18)20)26-22(32)23(25,14(3)29)15-9-7-6-8-10-15;/h6-10,17,20H,4-5,11-13,25H2,1-3H3,(H,26,32);1H. The molecule has 0 aromatic heterocycles. The van der Waals surface area contributed by atoms with E-state index < -0.39 is 40.5 Å². The fourth-order valence-electron chi connectivity index (χ4n) is 3.90. The third-order valence-electron chi connectivity index (χ3n) is 6.08. The number of β-lactam (4-membered cyclic amide) rings is 1. The van der Waals surface area contributed by atoms with Crippen LogP contribution in [0.4, 0.5) is 0 Å². The van der Waals surface area contributed by atoms with Crippen LogP contribution in [0.5, 0.6) is 0 Å². The molecule has 2 aliphatic rings. The molecule has 192 valence electrons. The van der Waals surface area contributed by atoms with E-state index in [9.17, 15) is 19.2 Å². The minimum Gasteiger partial charge on any atom is -0.460 e. The molecule has 1 saturated heterocycles. The van der Waals surface area contributed by atoms with Crippen LogP contribution in [0.25, 0.3) is 0 Å². The fraction of sp³-hybridized carbons (Fsp3) is 0.478. The van der Waals surface area contributed by atoms with Crippen LogP contribution >= 0.6 is 35.8 Å². The Morgan fingerprint density at radius 2 is 1.89 bits per heavy atom. The lowest BCUT2D eigenvalue weighted by Gasteiger charge is -2.49. The van der Waals surface area contributed by atoms with Gasteiger partial charge in [0.15, 0.2) is 11.3 Å². The first-order valence-corrected chi connectivity index (χ1v) is 12.5. The molecule has 1 aromatic carbocycles. The highest BCUT2D eigenvalue weighted by Crippen LogP contribution is 2.42. The van der Waals surface area contributed by atoms with E-state index in [-0.39, 0.29) is 35.5 Å². The van der Waals surface area contributed by atoms with Crippen LogP contribution in [0.3, 0.4) is 0 Å². The lowest BCUT2D eigenvalue weighted by molar-refractivity contribution is -0.153. The van der Waals surface area contributed by atoms with Gasteiger partial charge in [-0.3, -0.25) is 19.3 Å². The van der Waals surface area contributed by atoms with Gasteiger partial charge < -0.3 is 20.7 Å². The largest absolute Gasteiger partial charge is 0.460 e. The van der Waals surface area contributed by atoms with Gasteiger partial charge in [0.25, 0.3) is 11.8 Å². The van der Waals surface area contributed by atoms with E-state index in [2.05, 4.69) is 10.2 Å². The van der Waals surface area contributed by atoms with Gasteiger partial charge in [-0.15, -0.1) is 24.2 Å². The van der Waals surface area contributed by atoms with Crippen LogP contribution in [0.15, 0.2) is 41.1 Å². The van der Waals surface area contributed by atoms with Crippen LogP contribution in [-0.4, -0.2) is 76.8 Å². The molecular weight excluding hydrogens is 515 g/mol. The molecular formula is C23H30Cl2N4O5S. The second-order valence-electron chi connectivity index (χ2n) is 8.01. The predicted molar refractivity (Wildman–Crippen MR) is 137 cm³/mol. The summed E-state index contributed by atoms with van der Waals surface area (Å²) in [7, 11) is 0. The van der Waals surface area contributed by atoms with Crippen molar-refractivity contribution in [2.45, 2.75) is 37.7 Å². The number of fused-ring (bicyclic) bond motifs is 1. The molecule has 3 atom stereocenters. The highest BCUT2D eigenvalue weighted by atomic mass is 35.5. The fourth-order valence-corrected chi connectivity index (χ4v) is 5.44. The molecule has 9 nitrogen and oxygen atoms in total. The Morgan fingerprint density at radius 3 is 2.46 bits per heavy atom. The SMILES string of the molecule is CCN(CC)CCOC(=O)C1=C(Cl)CSC2C(NC(=O)C(N)(C(C)=O)c3ccccc3)C(=O)N12.Cl. The number of carbonyl (C=O) groups is 4.